The highest BCUT2D eigenvalue weighted by Crippen LogP contribution is 2.24. The van der Waals surface area contributed by atoms with Gasteiger partial charge in [-0.1, -0.05) is 66.2 Å². The van der Waals surface area contributed by atoms with E-state index in [-0.39, 0.29) is 17.1 Å². The van der Waals surface area contributed by atoms with Crippen LogP contribution in [0.1, 0.15) is 15.9 Å². The van der Waals surface area contributed by atoms with Gasteiger partial charge in [0, 0.05) is 24.2 Å². The van der Waals surface area contributed by atoms with Crippen LogP contribution in [-0.2, 0) is 16.1 Å². The first-order valence-corrected chi connectivity index (χ1v) is 9.33. The molecule has 3 rings (SSSR count). The van der Waals surface area contributed by atoms with Crippen LogP contribution in [0.15, 0.2) is 72.8 Å². The Bertz CT molecular complexity index is 1000. The lowest BCUT2D eigenvalue weighted by molar-refractivity contribution is -0.133. The monoisotopic (exact) mass is 411 g/mol. The molecule has 0 unspecified atom stereocenters. The van der Waals surface area contributed by atoms with Crippen LogP contribution in [0.2, 0.25) is 5.02 Å². The molecule has 3 aromatic carbocycles. The summed E-state index contributed by atoms with van der Waals surface area (Å²) in [7, 11) is 1.50. The normalized spacial score (nSPS) is 10.4. The SMILES string of the molecule is CN(Cc1c(F)cccc1Cl)C(=O)COC(=O)c1ccccc1-c1ccccc1. The van der Waals surface area contributed by atoms with Crippen LogP contribution >= 0.6 is 11.6 Å². The summed E-state index contributed by atoms with van der Waals surface area (Å²) in [5.41, 5.74) is 2.17. The van der Waals surface area contributed by atoms with Crippen molar-refractivity contribution in [3.63, 3.8) is 0 Å². The van der Waals surface area contributed by atoms with E-state index >= 15 is 0 Å². The molecule has 0 radical (unpaired) electrons. The van der Waals surface area contributed by atoms with Crippen molar-refractivity contribution in [1.82, 2.24) is 4.90 Å². The number of nitrogens with zero attached hydrogens (tertiary/aromatic N) is 1. The maximum Gasteiger partial charge on any atom is 0.339 e. The topological polar surface area (TPSA) is 46.6 Å². The van der Waals surface area contributed by atoms with Crippen molar-refractivity contribution in [3.05, 3.63) is 94.8 Å². The molecule has 0 N–H and O–H groups in total. The molecule has 0 saturated carbocycles. The third-order valence-corrected chi connectivity index (χ3v) is 4.80. The molecule has 4 nitrogen and oxygen atoms in total. The fourth-order valence-corrected chi connectivity index (χ4v) is 3.08. The average Bonchev–Trinajstić information content (AvgIpc) is 2.75. The Hall–Kier alpha value is -3.18. The predicted octanol–water partition coefficient (Wildman–Crippen LogP) is 4.96. The summed E-state index contributed by atoms with van der Waals surface area (Å²) in [5.74, 6) is -1.56. The molecule has 0 heterocycles. The van der Waals surface area contributed by atoms with E-state index in [0.717, 1.165) is 11.1 Å². The zero-order valence-corrected chi connectivity index (χ0v) is 16.5. The molecule has 0 bridgehead atoms. The van der Waals surface area contributed by atoms with Gasteiger partial charge in [0.05, 0.1) is 5.56 Å². The molecule has 0 aliphatic carbocycles. The Morgan fingerprint density at radius 2 is 1.66 bits per heavy atom. The minimum atomic E-state index is -0.602. The molecule has 0 aliphatic rings. The number of rotatable bonds is 6. The largest absolute Gasteiger partial charge is 0.452 e. The van der Waals surface area contributed by atoms with E-state index in [1.54, 1.807) is 18.2 Å². The lowest BCUT2D eigenvalue weighted by atomic mass is 10.00. The number of hydrogen-bond acceptors (Lipinski definition) is 3. The standard InChI is InChI=1S/C23H19ClFNO3/c1-26(14-19-20(24)12-7-13-21(19)25)22(27)15-29-23(28)18-11-6-5-10-17(18)16-8-3-2-4-9-16/h2-13H,14-15H2,1H3. The first kappa shape index (κ1) is 20.6. The quantitative estimate of drug-likeness (QED) is 0.538. The molecule has 0 aliphatic heterocycles. The molecule has 0 saturated heterocycles. The van der Waals surface area contributed by atoms with E-state index in [1.807, 2.05) is 42.5 Å². The maximum atomic E-state index is 13.9. The number of esters is 1. The van der Waals surface area contributed by atoms with Crippen LogP contribution in [0, 0.1) is 5.82 Å². The van der Waals surface area contributed by atoms with E-state index in [1.165, 1.54) is 24.1 Å². The molecule has 0 fully saturated rings. The zero-order chi connectivity index (χ0) is 20.8. The lowest BCUT2D eigenvalue weighted by Gasteiger charge is -2.18. The molecule has 148 valence electrons. The van der Waals surface area contributed by atoms with Gasteiger partial charge in [-0.3, -0.25) is 4.79 Å². The average molecular weight is 412 g/mol. The molecule has 1 amide bonds. The number of hydrogen-bond donors (Lipinski definition) is 0. The summed E-state index contributed by atoms with van der Waals surface area (Å²) in [4.78, 5) is 26.2. The smallest absolute Gasteiger partial charge is 0.339 e. The van der Waals surface area contributed by atoms with Crippen molar-refractivity contribution < 1.29 is 18.7 Å². The second-order valence-electron chi connectivity index (χ2n) is 6.44. The van der Waals surface area contributed by atoms with Crippen LogP contribution in [0.4, 0.5) is 4.39 Å². The maximum absolute atomic E-state index is 13.9. The minimum absolute atomic E-state index is 0.0253. The molecule has 29 heavy (non-hydrogen) atoms. The summed E-state index contributed by atoms with van der Waals surface area (Å²) < 4.78 is 19.1. The highest BCUT2D eigenvalue weighted by atomic mass is 35.5. The molecule has 0 aromatic heterocycles. The summed E-state index contributed by atoms with van der Waals surface area (Å²) in [6, 6.07) is 20.8. The van der Waals surface area contributed by atoms with Gasteiger partial charge in [0.2, 0.25) is 0 Å². The molecule has 0 spiro atoms. The summed E-state index contributed by atoms with van der Waals surface area (Å²) in [5, 5.41) is 0.235. The van der Waals surface area contributed by atoms with E-state index in [4.69, 9.17) is 16.3 Å². The predicted molar refractivity (Wildman–Crippen MR) is 110 cm³/mol. The van der Waals surface area contributed by atoms with Crippen molar-refractivity contribution in [3.8, 4) is 11.1 Å². The first-order chi connectivity index (χ1) is 14.0. The Labute approximate surface area is 173 Å². The fourth-order valence-electron chi connectivity index (χ4n) is 2.85. The van der Waals surface area contributed by atoms with Crippen LogP contribution in [0.25, 0.3) is 11.1 Å². The fraction of sp³-hybridized carbons (Fsp3) is 0.130. The van der Waals surface area contributed by atoms with Crippen LogP contribution in [-0.4, -0.2) is 30.4 Å². The molecule has 3 aromatic rings. The van der Waals surface area contributed by atoms with E-state index in [2.05, 4.69) is 0 Å². The van der Waals surface area contributed by atoms with Crippen molar-refractivity contribution in [2.75, 3.05) is 13.7 Å². The van der Waals surface area contributed by atoms with Crippen LogP contribution in [0.3, 0.4) is 0 Å². The summed E-state index contributed by atoms with van der Waals surface area (Å²) >= 11 is 6.00. The van der Waals surface area contributed by atoms with Gasteiger partial charge < -0.3 is 9.64 Å². The molecular weight excluding hydrogens is 393 g/mol. The molecular formula is C23H19ClFNO3. The Kier molecular flexibility index (Phi) is 6.62. The second kappa shape index (κ2) is 9.34. The van der Waals surface area contributed by atoms with Gasteiger partial charge in [-0.2, -0.15) is 0 Å². The lowest BCUT2D eigenvalue weighted by Crippen LogP contribution is -2.31. The Balaban J connectivity index is 1.66. The second-order valence-corrected chi connectivity index (χ2v) is 6.84. The third-order valence-electron chi connectivity index (χ3n) is 4.44. The summed E-state index contributed by atoms with van der Waals surface area (Å²) in [6.07, 6.45) is 0. The molecule has 0 atom stereocenters. The zero-order valence-electron chi connectivity index (χ0n) is 15.8. The van der Waals surface area contributed by atoms with Gasteiger partial charge >= 0.3 is 5.97 Å². The van der Waals surface area contributed by atoms with Crippen molar-refractivity contribution in [2.24, 2.45) is 0 Å². The van der Waals surface area contributed by atoms with Gasteiger partial charge in [-0.15, -0.1) is 0 Å². The van der Waals surface area contributed by atoms with Crippen molar-refractivity contribution >= 4 is 23.5 Å². The highest BCUT2D eigenvalue weighted by Gasteiger charge is 2.18. The van der Waals surface area contributed by atoms with E-state index in [9.17, 15) is 14.0 Å². The number of halogens is 2. The van der Waals surface area contributed by atoms with Crippen molar-refractivity contribution in [2.45, 2.75) is 6.54 Å². The van der Waals surface area contributed by atoms with Gasteiger partial charge in [-0.25, -0.2) is 9.18 Å². The summed E-state index contributed by atoms with van der Waals surface area (Å²) in [6.45, 7) is -0.479. The Morgan fingerprint density at radius 1 is 0.966 bits per heavy atom. The highest BCUT2D eigenvalue weighted by molar-refractivity contribution is 6.31. The number of likely N-dealkylation sites (N-methyl/N-ethyl adjacent to an activating group) is 1. The molecule has 6 heteroatoms. The number of ether oxygens (including phenoxy) is 1. The van der Waals surface area contributed by atoms with Gasteiger partial charge in [-0.05, 0) is 29.3 Å². The van der Waals surface area contributed by atoms with Crippen molar-refractivity contribution in [1.29, 1.82) is 0 Å². The number of benzene rings is 3. The number of amides is 1. The number of carbonyl (C=O) groups is 2. The van der Waals surface area contributed by atoms with Crippen LogP contribution in [0.5, 0.6) is 0 Å². The third kappa shape index (κ3) is 5.00. The Morgan fingerprint density at radius 3 is 2.38 bits per heavy atom. The van der Waals surface area contributed by atoms with Crippen LogP contribution < -0.4 is 0 Å². The number of carbonyl (C=O) groups excluding carboxylic acids is 2. The van der Waals surface area contributed by atoms with Gasteiger partial charge in [0.25, 0.3) is 5.91 Å². The van der Waals surface area contributed by atoms with E-state index in [0.29, 0.717) is 5.56 Å². The van der Waals surface area contributed by atoms with E-state index < -0.39 is 24.3 Å². The van der Waals surface area contributed by atoms with Gasteiger partial charge in [0.15, 0.2) is 6.61 Å². The van der Waals surface area contributed by atoms with Gasteiger partial charge in [0.1, 0.15) is 5.82 Å². The minimum Gasteiger partial charge on any atom is -0.452 e. The first-order valence-electron chi connectivity index (χ1n) is 8.96.